The van der Waals surface area contributed by atoms with E-state index in [1.807, 2.05) is 68.6 Å². The SMILES string of the molecule is CC1(C)C=Cc2cc(C3CC(=O)c4ccc(OCc5cn(Cc6ccc(Br)cc6)nn5)cc4O3)ccc2O1. The predicted molar refractivity (Wildman–Crippen MR) is 147 cm³/mol. The third-order valence-corrected chi connectivity index (χ3v) is 7.10. The number of nitrogens with zero attached hydrogens (tertiary/aromatic N) is 3. The average Bonchev–Trinajstić information content (AvgIpc) is 3.35. The van der Waals surface area contributed by atoms with Crippen molar-refractivity contribution in [3.63, 3.8) is 0 Å². The van der Waals surface area contributed by atoms with Gasteiger partial charge in [0.2, 0.25) is 0 Å². The Balaban J connectivity index is 1.13. The van der Waals surface area contributed by atoms with Crippen LogP contribution in [0.3, 0.4) is 0 Å². The highest BCUT2D eigenvalue weighted by atomic mass is 79.9. The third kappa shape index (κ3) is 5.22. The molecule has 1 unspecified atom stereocenters. The topological polar surface area (TPSA) is 75.5 Å². The lowest BCUT2D eigenvalue weighted by molar-refractivity contribution is 0.0849. The number of ether oxygens (including phenoxy) is 3. The van der Waals surface area contributed by atoms with Crippen LogP contribution in [0.2, 0.25) is 0 Å². The lowest BCUT2D eigenvalue weighted by Gasteiger charge is -2.30. The number of halogens is 1. The number of hydrogen-bond donors (Lipinski definition) is 0. The highest BCUT2D eigenvalue weighted by Gasteiger charge is 2.29. The summed E-state index contributed by atoms with van der Waals surface area (Å²) in [5, 5.41) is 8.42. The number of fused-ring (bicyclic) bond motifs is 2. The lowest BCUT2D eigenvalue weighted by atomic mass is 9.94. The van der Waals surface area contributed by atoms with Crippen molar-refractivity contribution in [2.45, 2.75) is 45.1 Å². The van der Waals surface area contributed by atoms with Crippen molar-refractivity contribution in [1.29, 1.82) is 0 Å². The molecular weight excluding hydrogens is 546 g/mol. The molecule has 0 spiro atoms. The molecule has 192 valence electrons. The van der Waals surface area contributed by atoms with Crippen molar-refractivity contribution < 1.29 is 19.0 Å². The molecule has 4 aromatic rings. The first kappa shape index (κ1) is 24.4. The van der Waals surface area contributed by atoms with Gasteiger partial charge in [0, 0.05) is 16.1 Å². The second kappa shape index (κ2) is 9.76. The molecule has 0 N–H and O–H groups in total. The van der Waals surface area contributed by atoms with Crippen LogP contribution in [0.5, 0.6) is 17.2 Å². The Kier molecular flexibility index (Phi) is 6.27. The maximum atomic E-state index is 12.9. The second-order valence-corrected chi connectivity index (χ2v) is 11.0. The van der Waals surface area contributed by atoms with Crippen molar-refractivity contribution in [1.82, 2.24) is 15.0 Å². The van der Waals surface area contributed by atoms with Gasteiger partial charge in [0.1, 0.15) is 41.3 Å². The van der Waals surface area contributed by atoms with Crippen LogP contribution in [0.15, 0.2) is 77.4 Å². The molecule has 7 nitrogen and oxygen atoms in total. The fraction of sp³-hybridized carbons (Fsp3) is 0.233. The molecule has 3 heterocycles. The number of aromatic nitrogens is 3. The predicted octanol–water partition coefficient (Wildman–Crippen LogP) is 6.56. The van der Waals surface area contributed by atoms with Crippen molar-refractivity contribution >= 4 is 27.8 Å². The van der Waals surface area contributed by atoms with Crippen LogP contribution >= 0.6 is 15.9 Å². The van der Waals surface area contributed by atoms with E-state index in [9.17, 15) is 4.79 Å². The highest BCUT2D eigenvalue weighted by Crippen LogP contribution is 2.39. The molecule has 0 saturated carbocycles. The first-order valence-corrected chi connectivity index (χ1v) is 13.2. The fourth-order valence-corrected chi connectivity index (χ4v) is 4.86. The minimum atomic E-state index is -0.377. The molecule has 0 aliphatic carbocycles. The van der Waals surface area contributed by atoms with Crippen LogP contribution in [0.4, 0.5) is 0 Å². The van der Waals surface area contributed by atoms with Gasteiger partial charge in [0.05, 0.1) is 24.7 Å². The molecule has 0 fully saturated rings. The summed E-state index contributed by atoms with van der Waals surface area (Å²) in [6, 6.07) is 19.4. The van der Waals surface area contributed by atoms with E-state index in [1.165, 1.54) is 0 Å². The van der Waals surface area contributed by atoms with Crippen molar-refractivity contribution in [2.24, 2.45) is 0 Å². The van der Waals surface area contributed by atoms with Gasteiger partial charge in [0.25, 0.3) is 0 Å². The summed E-state index contributed by atoms with van der Waals surface area (Å²) in [6.07, 6.45) is 5.86. The van der Waals surface area contributed by atoms with Gasteiger partial charge >= 0.3 is 0 Å². The van der Waals surface area contributed by atoms with E-state index in [-0.39, 0.29) is 30.5 Å². The van der Waals surface area contributed by atoms with Gasteiger partial charge in [-0.25, -0.2) is 4.68 Å². The number of ketones is 1. The molecular formula is C30H26BrN3O4. The minimum absolute atomic E-state index is 0.0457. The second-order valence-electron chi connectivity index (χ2n) is 10.1. The number of Topliss-reactive ketones (excluding diaryl/α,β-unsaturated/α-hetero) is 1. The summed E-state index contributed by atoms with van der Waals surface area (Å²) >= 11 is 3.45. The Morgan fingerprint density at radius 3 is 2.76 bits per heavy atom. The maximum absolute atomic E-state index is 12.9. The maximum Gasteiger partial charge on any atom is 0.170 e. The normalized spacial score (nSPS) is 17.2. The Morgan fingerprint density at radius 1 is 1.08 bits per heavy atom. The van der Waals surface area contributed by atoms with Crippen molar-refractivity contribution in [3.05, 3.63) is 105 Å². The first-order valence-electron chi connectivity index (χ1n) is 12.4. The van der Waals surface area contributed by atoms with Crippen LogP contribution < -0.4 is 14.2 Å². The number of carbonyl (C=O) groups is 1. The van der Waals surface area contributed by atoms with Gasteiger partial charge < -0.3 is 14.2 Å². The molecule has 1 aromatic heterocycles. The molecule has 8 heteroatoms. The zero-order valence-corrected chi connectivity index (χ0v) is 22.6. The molecule has 1 atom stereocenters. The minimum Gasteiger partial charge on any atom is -0.487 e. The molecule has 0 saturated heterocycles. The number of hydrogen-bond acceptors (Lipinski definition) is 6. The Morgan fingerprint density at radius 2 is 1.92 bits per heavy atom. The van der Waals surface area contributed by atoms with Gasteiger partial charge in [-0.2, -0.15) is 0 Å². The van der Waals surface area contributed by atoms with E-state index < -0.39 is 0 Å². The van der Waals surface area contributed by atoms with Gasteiger partial charge in [-0.15, -0.1) is 5.10 Å². The van der Waals surface area contributed by atoms with Crippen molar-refractivity contribution in [3.8, 4) is 17.2 Å². The molecule has 6 rings (SSSR count). The van der Waals surface area contributed by atoms with Crippen LogP contribution in [-0.4, -0.2) is 26.4 Å². The summed E-state index contributed by atoms with van der Waals surface area (Å²) in [4.78, 5) is 12.9. The largest absolute Gasteiger partial charge is 0.487 e. The molecule has 0 amide bonds. The number of rotatable bonds is 6. The Labute approximate surface area is 229 Å². The van der Waals surface area contributed by atoms with E-state index in [2.05, 4.69) is 32.3 Å². The highest BCUT2D eigenvalue weighted by molar-refractivity contribution is 9.10. The van der Waals surface area contributed by atoms with Gasteiger partial charge in [0.15, 0.2) is 5.78 Å². The van der Waals surface area contributed by atoms with E-state index in [0.29, 0.717) is 29.3 Å². The zero-order chi connectivity index (χ0) is 26.3. The summed E-state index contributed by atoms with van der Waals surface area (Å²) in [5.41, 5.74) is 3.98. The van der Waals surface area contributed by atoms with Crippen LogP contribution in [0.25, 0.3) is 6.08 Å². The van der Waals surface area contributed by atoms with E-state index >= 15 is 0 Å². The standard InChI is InChI=1S/C30H26BrN3O4/c1-30(2)12-11-21-13-20(5-10-27(21)38-30)28-15-26(35)25-9-8-24(14-29(25)37-28)36-18-23-17-34(33-32-23)16-19-3-6-22(31)7-4-19/h3-14,17,28H,15-16,18H2,1-2H3. The monoisotopic (exact) mass is 571 g/mol. The summed E-state index contributed by atoms with van der Waals surface area (Å²) in [5.74, 6) is 1.99. The number of benzene rings is 3. The lowest BCUT2D eigenvalue weighted by Crippen LogP contribution is -2.27. The van der Waals surface area contributed by atoms with E-state index in [4.69, 9.17) is 14.2 Å². The third-order valence-electron chi connectivity index (χ3n) is 6.57. The van der Waals surface area contributed by atoms with Gasteiger partial charge in [-0.05, 0) is 67.4 Å². The Bertz CT molecular complexity index is 1540. The molecule has 0 radical (unpaired) electrons. The zero-order valence-electron chi connectivity index (χ0n) is 21.1. The molecule has 3 aromatic carbocycles. The first-order chi connectivity index (χ1) is 18.3. The van der Waals surface area contributed by atoms with Gasteiger partial charge in [-0.3, -0.25) is 4.79 Å². The summed E-state index contributed by atoms with van der Waals surface area (Å²) < 4.78 is 21.1. The van der Waals surface area contributed by atoms with Crippen LogP contribution in [0, 0.1) is 0 Å². The Hall–Kier alpha value is -3.91. The quantitative estimate of drug-likeness (QED) is 0.261. The molecule has 2 aliphatic heterocycles. The molecule has 0 bridgehead atoms. The van der Waals surface area contributed by atoms with Gasteiger partial charge in [-0.1, -0.05) is 45.4 Å². The smallest absolute Gasteiger partial charge is 0.170 e. The summed E-state index contributed by atoms with van der Waals surface area (Å²) in [7, 11) is 0. The summed E-state index contributed by atoms with van der Waals surface area (Å²) in [6.45, 7) is 4.92. The van der Waals surface area contributed by atoms with E-state index in [1.54, 1.807) is 22.9 Å². The van der Waals surface area contributed by atoms with E-state index in [0.717, 1.165) is 26.9 Å². The molecule has 2 aliphatic rings. The van der Waals surface area contributed by atoms with Crippen molar-refractivity contribution in [2.75, 3.05) is 0 Å². The van der Waals surface area contributed by atoms with Crippen LogP contribution in [-0.2, 0) is 13.2 Å². The van der Waals surface area contributed by atoms with Crippen LogP contribution in [0.1, 0.15) is 59.1 Å². The fourth-order valence-electron chi connectivity index (χ4n) is 4.59. The number of carbonyl (C=O) groups excluding carboxylic acids is 1. The average molecular weight is 572 g/mol. The molecule has 38 heavy (non-hydrogen) atoms.